The minimum atomic E-state index is -0.211. The molecule has 3 amide bonds. The van der Waals surface area contributed by atoms with Crippen LogP contribution in [0.1, 0.15) is 28.8 Å². The Morgan fingerprint density at radius 2 is 1.67 bits per heavy atom. The van der Waals surface area contributed by atoms with E-state index < -0.39 is 0 Å². The topological polar surface area (TPSA) is 70.2 Å². The summed E-state index contributed by atoms with van der Waals surface area (Å²) in [6.45, 7) is 0.430. The lowest BCUT2D eigenvalue weighted by Crippen LogP contribution is -2.30. The second-order valence-electron chi connectivity index (χ2n) is 5.76. The van der Waals surface area contributed by atoms with Crippen LogP contribution in [0.2, 0.25) is 5.02 Å². The maximum absolute atomic E-state index is 12.1. The zero-order chi connectivity index (χ0) is 16.9. The highest BCUT2D eigenvalue weighted by Crippen LogP contribution is 2.19. The summed E-state index contributed by atoms with van der Waals surface area (Å²) in [7, 11) is 0. The molecule has 1 saturated carbocycles. The first-order chi connectivity index (χ1) is 11.6. The largest absolute Gasteiger partial charge is 0.348 e. The molecule has 0 saturated heterocycles. The fraction of sp³-hybridized carbons (Fsp3) is 0.222. The van der Waals surface area contributed by atoms with Crippen molar-refractivity contribution in [1.29, 1.82) is 0 Å². The third-order valence-corrected chi connectivity index (χ3v) is 3.94. The van der Waals surface area contributed by atoms with Crippen molar-refractivity contribution in [1.82, 2.24) is 10.6 Å². The summed E-state index contributed by atoms with van der Waals surface area (Å²) in [4.78, 5) is 23.8. The Bertz CT molecular complexity index is 725. The van der Waals surface area contributed by atoms with Crippen molar-refractivity contribution in [3.05, 3.63) is 64.7 Å². The summed E-state index contributed by atoms with van der Waals surface area (Å²) >= 11 is 5.83. The van der Waals surface area contributed by atoms with Crippen LogP contribution in [0.25, 0.3) is 0 Å². The van der Waals surface area contributed by atoms with Gasteiger partial charge in [0.2, 0.25) is 0 Å². The van der Waals surface area contributed by atoms with Gasteiger partial charge in [-0.3, -0.25) is 4.79 Å². The average Bonchev–Trinajstić information content (AvgIpc) is 3.38. The highest BCUT2D eigenvalue weighted by molar-refractivity contribution is 6.30. The molecule has 0 bridgehead atoms. The lowest BCUT2D eigenvalue weighted by atomic mass is 10.2. The van der Waals surface area contributed by atoms with Gasteiger partial charge in [0.25, 0.3) is 5.91 Å². The van der Waals surface area contributed by atoms with E-state index >= 15 is 0 Å². The first kappa shape index (κ1) is 16.3. The van der Waals surface area contributed by atoms with Gasteiger partial charge in [-0.1, -0.05) is 23.7 Å². The van der Waals surface area contributed by atoms with Crippen LogP contribution in [-0.2, 0) is 6.54 Å². The Hall–Kier alpha value is -2.53. The van der Waals surface area contributed by atoms with E-state index in [4.69, 9.17) is 11.6 Å². The maximum Gasteiger partial charge on any atom is 0.319 e. The molecule has 2 aromatic carbocycles. The standard InChI is InChI=1S/C18H18ClN3O2/c19-14-5-1-12(2-6-14)11-20-17(23)13-3-7-15(8-4-13)21-18(24)22-16-9-10-16/h1-8,16H,9-11H2,(H,20,23)(H2,21,22,24). The van der Waals surface area contributed by atoms with Gasteiger partial charge in [-0.2, -0.15) is 0 Å². The van der Waals surface area contributed by atoms with Crippen molar-refractivity contribution < 1.29 is 9.59 Å². The van der Waals surface area contributed by atoms with E-state index in [1.165, 1.54) is 0 Å². The van der Waals surface area contributed by atoms with Crippen molar-refractivity contribution in [3.8, 4) is 0 Å². The van der Waals surface area contributed by atoms with Gasteiger partial charge in [-0.15, -0.1) is 0 Å². The van der Waals surface area contributed by atoms with Gasteiger partial charge in [-0.25, -0.2) is 4.79 Å². The molecule has 0 aromatic heterocycles. The fourth-order valence-corrected chi connectivity index (χ4v) is 2.30. The van der Waals surface area contributed by atoms with Gasteiger partial charge < -0.3 is 16.0 Å². The smallest absolute Gasteiger partial charge is 0.319 e. The predicted molar refractivity (Wildman–Crippen MR) is 94.2 cm³/mol. The van der Waals surface area contributed by atoms with E-state index in [-0.39, 0.29) is 11.9 Å². The number of amides is 3. The van der Waals surface area contributed by atoms with Gasteiger partial charge in [0.1, 0.15) is 0 Å². The van der Waals surface area contributed by atoms with Crippen LogP contribution in [0.15, 0.2) is 48.5 Å². The number of carbonyl (C=O) groups excluding carboxylic acids is 2. The molecule has 0 heterocycles. The molecule has 2 aromatic rings. The predicted octanol–water partition coefficient (Wildman–Crippen LogP) is 3.55. The Balaban J connectivity index is 1.51. The molecule has 6 heteroatoms. The zero-order valence-electron chi connectivity index (χ0n) is 13.0. The Labute approximate surface area is 145 Å². The molecule has 1 aliphatic rings. The number of nitrogens with one attached hydrogen (secondary N) is 3. The quantitative estimate of drug-likeness (QED) is 0.777. The van der Waals surface area contributed by atoms with Crippen LogP contribution < -0.4 is 16.0 Å². The third-order valence-electron chi connectivity index (χ3n) is 3.68. The summed E-state index contributed by atoms with van der Waals surface area (Å²) in [5.41, 5.74) is 2.17. The summed E-state index contributed by atoms with van der Waals surface area (Å²) < 4.78 is 0. The van der Waals surface area contributed by atoms with Crippen molar-refractivity contribution in [2.75, 3.05) is 5.32 Å². The highest BCUT2D eigenvalue weighted by atomic mass is 35.5. The van der Waals surface area contributed by atoms with Gasteiger partial charge in [-0.05, 0) is 54.8 Å². The second kappa shape index (κ2) is 7.36. The lowest BCUT2D eigenvalue weighted by molar-refractivity contribution is 0.0951. The minimum absolute atomic E-state index is 0.168. The van der Waals surface area contributed by atoms with Crippen molar-refractivity contribution >= 4 is 29.2 Å². The number of rotatable bonds is 5. The molecule has 3 N–H and O–H groups in total. The first-order valence-electron chi connectivity index (χ1n) is 7.80. The first-order valence-corrected chi connectivity index (χ1v) is 8.18. The van der Waals surface area contributed by atoms with E-state index in [1.54, 1.807) is 36.4 Å². The van der Waals surface area contributed by atoms with Crippen LogP contribution in [0, 0.1) is 0 Å². The Morgan fingerprint density at radius 1 is 1.00 bits per heavy atom. The van der Waals surface area contributed by atoms with E-state index in [0.29, 0.717) is 28.9 Å². The Kier molecular flexibility index (Phi) is 5.01. The summed E-state index contributed by atoms with van der Waals surface area (Å²) in [5.74, 6) is -0.168. The summed E-state index contributed by atoms with van der Waals surface area (Å²) in [5, 5.41) is 9.10. The number of halogens is 1. The summed E-state index contributed by atoms with van der Waals surface area (Å²) in [6.07, 6.45) is 2.08. The number of urea groups is 1. The second-order valence-corrected chi connectivity index (χ2v) is 6.20. The molecule has 5 nitrogen and oxygen atoms in total. The van der Waals surface area contributed by atoms with Gasteiger partial charge in [0, 0.05) is 28.9 Å². The molecule has 3 rings (SSSR count). The van der Waals surface area contributed by atoms with Crippen molar-refractivity contribution in [2.24, 2.45) is 0 Å². The maximum atomic E-state index is 12.1. The van der Waals surface area contributed by atoms with E-state index in [0.717, 1.165) is 18.4 Å². The molecule has 1 aliphatic carbocycles. The van der Waals surface area contributed by atoms with Crippen LogP contribution in [0.3, 0.4) is 0 Å². The van der Waals surface area contributed by atoms with Crippen LogP contribution in [0.4, 0.5) is 10.5 Å². The Morgan fingerprint density at radius 3 is 2.29 bits per heavy atom. The fourth-order valence-electron chi connectivity index (χ4n) is 2.17. The van der Waals surface area contributed by atoms with Crippen molar-refractivity contribution in [2.45, 2.75) is 25.4 Å². The zero-order valence-corrected chi connectivity index (χ0v) is 13.8. The molecule has 0 radical (unpaired) electrons. The molecule has 0 atom stereocenters. The number of benzene rings is 2. The van der Waals surface area contributed by atoms with Crippen LogP contribution in [0.5, 0.6) is 0 Å². The molecule has 24 heavy (non-hydrogen) atoms. The molecule has 1 fully saturated rings. The average molecular weight is 344 g/mol. The molecular formula is C18H18ClN3O2. The normalized spacial score (nSPS) is 13.2. The van der Waals surface area contributed by atoms with Crippen LogP contribution in [-0.4, -0.2) is 18.0 Å². The minimum Gasteiger partial charge on any atom is -0.348 e. The number of anilines is 1. The third kappa shape index (κ3) is 4.73. The van der Waals surface area contributed by atoms with E-state index in [1.807, 2.05) is 12.1 Å². The number of carbonyl (C=O) groups is 2. The lowest BCUT2D eigenvalue weighted by Gasteiger charge is -2.08. The summed E-state index contributed by atoms with van der Waals surface area (Å²) in [6, 6.07) is 14.2. The molecule has 0 aliphatic heterocycles. The van der Waals surface area contributed by atoms with E-state index in [9.17, 15) is 9.59 Å². The SMILES string of the molecule is O=C(Nc1ccc(C(=O)NCc2ccc(Cl)cc2)cc1)NC1CC1. The monoisotopic (exact) mass is 343 g/mol. The number of hydrogen-bond acceptors (Lipinski definition) is 2. The number of hydrogen-bond donors (Lipinski definition) is 3. The highest BCUT2D eigenvalue weighted by Gasteiger charge is 2.23. The van der Waals surface area contributed by atoms with Gasteiger partial charge in [0.05, 0.1) is 0 Å². The van der Waals surface area contributed by atoms with E-state index in [2.05, 4.69) is 16.0 Å². The van der Waals surface area contributed by atoms with Crippen LogP contribution >= 0.6 is 11.6 Å². The van der Waals surface area contributed by atoms with Crippen molar-refractivity contribution in [3.63, 3.8) is 0 Å². The molecule has 124 valence electrons. The molecular weight excluding hydrogens is 326 g/mol. The molecule has 0 unspecified atom stereocenters. The van der Waals surface area contributed by atoms with Gasteiger partial charge >= 0.3 is 6.03 Å². The van der Waals surface area contributed by atoms with Gasteiger partial charge in [0.15, 0.2) is 0 Å². The molecule has 0 spiro atoms.